The summed E-state index contributed by atoms with van der Waals surface area (Å²) in [6.45, 7) is 3.55. The van der Waals surface area contributed by atoms with E-state index in [9.17, 15) is 9.59 Å². The molecule has 1 heterocycles. The van der Waals surface area contributed by atoms with Crippen LogP contribution in [0.5, 0.6) is 0 Å². The van der Waals surface area contributed by atoms with Crippen LogP contribution >= 0.6 is 0 Å². The van der Waals surface area contributed by atoms with Gasteiger partial charge in [0.15, 0.2) is 0 Å². The molecule has 0 unspecified atom stereocenters. The molecule has 114 valence electrons. The Hall–Kier alpha value is -1.92. The van der Waals surface area contributed by atoms with E-state index in [0.29, 0.717) is 11.3 Å². The highest BCUT2D eigenvalue weighted by Gasteiger charge is 2.15. The molecule has 0 aromatic heterocycles. The van der Waals surface area contributed by atoms with E-state index in [1.54, 1.807) is 19.1 Å². The minimum Gasteiger partial charge on any atom is -0.478 e. The normalized spacial score (nSPS) is 15.7. The third-order valence-corrected chi connectivity index (χ3v) is 3.48. The number of aryl methyl sites for hydroxylation is 1. The monoisotopic (exact) mass is 292 g/mol. The standard InChI is InChI=1S/C15H20N2O4/c1-10-8-11(2-3-13(10)15(19)20)17-14(18)9-21-12-4-6-16-7-5-12/h2-3,8,12,16H,4-7,9H2,1H3,(H,17,18)(H,19,20). The predicted molar refractivity (Wildman–Crippen MR) is 78.6 cm³/mol. The van der Waals surface area contributed by atoms with Gasteiger partial charge in [0.05, 0.1) is 11.7 Å². The molecule has 1 amide bonds. The smallest absolute Gasteiger partial charge is 0.335 e. The second-order valence-corrected chi connectivity index (χ2v) is 5.14. The van der Waals surface area contributed by atoms with Crippen LogP contribution < -0.4 is 10.6 Å². The largest absolute Gasteiger partial charge is 0.478 e. The Bertz CT molecular complexity index is 524. The van der Waals surface area contributed by atoms with Gasteiger partial charge < -0.3 is 20.5 Å². The van der Waals surface area contributed by atoms with Crippen LogP contribution in [-0.4, -0.2) is 42.8 Å². The minimum absolute atomic E-state index is 0.0183. The van der Waals surface area contributed by atoms with Gasteiger partial charge in [-0.2, -0.15) is 0 Å². The molecule has 1 aliphatic heterocycles. The first-order valence-electron chi connectivity index (χ1n) is 7.02. The fourth-order valence-corrected chi connectivity index (χ4v) is 2.33. The van der Waals surface area contributed by atoms with Crippen LogP contribution in [0.3, 0.4) is 0 Å². The number of carbonyl (C=O) groups is 2. The van der Waals surface area contributed by atoms with Crippen molar-refractivity contribution in [2.24, 2.45) is 0 Å². The fourth-order valence-electron chi connectivity index (χ4n) is 2.33. The molecule has 1 aromatic rings. The number of piperidine rings is 1. The lowest BCUT2D eigenvalue weighted by Crippen LogP contribution is -2.34. The van der Waals surface area contributed by atoms with Gasteiger partial charge in [-0.3, -0.25) is 4.79 Å². The van der Waals surface area contributed by atoms with E-state index in [1.165, 1.54) is 6.07 Å². The lowest BCUT2D eigenvalue weighted by atomic mass is 10.1. The highest BCUT2D eigenvalue weighted by Crippen LogP contribution is 2.15. The van der Waals surface area contributed by atoms with Gasteiger partial charge in [-0.05, 0) is 56.6 Å². The van der Waals surface area contributed by atoms with Crippen molar-refractivity contribution >= 4 is 17.6 Å². The van der Waals surface area contributed by atoms with Crippen LogP contribution in [0.4, 0.5) is 5.69 Å². The Labute approximate surface area is 123 Å². The summed E-state index contributed by atoms with van der Waals surface area (Å²) in [5, 5.41) is 14.9. The highest BCUT2D eigenvalue weighted by molar-refractivity contribution is 5.94. The second-order valence-electron chi connectivity index (χ2n) is 5.14. The van der Waals surface area contributed by atoms with Crippen molar-refractivity contribution in [3.8, 4) is 0 Å². The first-order chi connectivity index (χ1) is 10.1. The molecule has 21 heavy (non-hydrogen) atoms. The maximum absolute atomic E-state index is 11.8. The summed E-state index contributed by atoms with van der Waals surface area (Å²) in [5.74, 6) is -1.20. The van der Waals surface area contributed by atoms with Crippen molar-refractivity contribution in [2.75, 3.05) is 25.0 Å². The number of carbonyl (C=O) groups excluding carboxylic acids is 1. The fraction of sp³-hybridized carbons (Fsp3) is 0.467. The summed E-state index contributed by atoms with van der Waals surface area (Å²) in [6.07, 6.45) is 1.97. The number of ether oxygens (including phenoxy) is 1. The van der Waals surface area contributed by atoms with Crippen molar-refractivity contribution in [3.05, 3.63) is 29.3 Å². The van der Waals surface area contributed by atoms with E-state index in [2.05, 4.69) is 10.6 Å². The van der Waals surface area contributed by atoms with Gasteiger partial charge in [0.2, 0.25) is 5.91 Å². The maximum Gasteiger partial charge on any atom is 0.335 e. The highest BCUT2D eigenvalue weighted by atomic mass is 16.5. The van der Waals surface area contributed by atoms with E-state index in [4.69, 9.17) is 9.84 Å². The van der Waals surface area contributed by atoms with Crippen molar-refractivity contribution in [2.45, 2.75) is 25.9 Å². The zero-order chi connectivity index (χ0) is 15.2. The van der Waals surface area contributed by atoms with E-state index in [0.717, 1.165) is 25.9 Å². The van der Waals surface area contributed by atoms with E-state index in [-0.39, 0.29) is 24.2 Å². The molecule has 2 rings (SSSR count). The number of hydrogen-bond donors (Lipinski definition) is 3. The first kappa shape index (κ1) is 15.5. The van der Waals surface area contributed by atoms with Crippen LogP contribution in [0.15, 0.2) is 18.2 Å². The van der Waals surface area contributed by atoms with Gasteiger partial charge in [-0.1, -0.05) is 0 Å². The van der Waals surface area contributed by atoms with Crippen LogP contribution in [0.2, 0.25) is 0 Å². The Balaban J connectivity index is 1.84. The number of nitrogens with one attached hydrogen (secondary N) is 2. The SMILES string of the molecule is Cc1cc(NC(=O)COC2CCNCC2)ccc1C(=O)O. The van der Waals surface area contributed by atoms with Crippen LogP contribution in [0, 0.1) is 6.92 Å². The number of hydrogen-bond acceptors (Lipinski definition) is 4. The summed E-state index contributed by atoms with van der Waals surface area (Å²) in [7, 11) is 0. The molecule has 1 aromatic carbocycles. The zero-order valence-corrected chi connectivity index (χ0v) is 12.0. The molecular formula is C15H20N2O4. The molecule has 0 saturated carbocycles. The lowest BCUT2D eigenvalue weighted by molar-refractivity contribution is -0.123. The van der Waals surface area contributed by atoms with E-state index in [1.807, 2.05) is 0 Å². The Morgan fingerprint density at radius 1 is 1.38 bits per heavy atom. The predicted octanol–water partition coefficient (Wildman–Crippen LogP) is 1.40. The molecule has 3 N–H and O–H groups in total. The van der Waals surface area contributed by atoms with Crippen molar-refractivity contribution < 1.29 is 19.4 Å². The quantitative estimate of drug-likeness (QED) is 0.763. The molecule has 6 heteroatoms. The number of aromatic carboxylic acids is 1. The second kappa shape index (κ2) is 7.19. The molecule has 0 aliphatic carbocycles. The minimum atomic E-state index is -0.973. The summed E-state index contributed by atoms with van der Waals surface area (Å²) < 4.78 is 5.56. The third-order valence-electron chi connectivity index (χ3n) is 3.48. The molecule has 0 bridgehead atoms. The lowest BCUT2D eigenvalue weighted by Gasteiger charge is -2.22. The molecule has 0 spiro atoms. The van der Waals surface area contributed by atoms with E-state index < -0.39 is 5.97 Å². The van der Waals surface area contributed by atoms with Crippen molar-refractivity contribution in [3.63, 3.8) is 0 Å². The Morgan fingerprint density at radius 3 is 2.71 bits per heavy atom. The summed E-state index contributed by atoms with van der Waals surface area (Å²) in [6, 6.07) is 4.71. The molecule has 0 radical (unpaired) electrons. The van der Waals surface area contributed by atoms with Gasteiger partial charge in [0, 0.05) is 5.69 Å². The van der Waals surface area contributed by atoms with Gasteiger partial charge in [-0.25, -0.2) is 4.79 Å². The van der Waals surface area contributed by atoms with Crippen LogP contribution in [0.1, 0.15) is 28.8 Å². The van der Waals surface area contributed by atoms with Crippen molar-refractivity contribution in [1.29, 1.82) is 0 Å². The molecule has 6 nitrogen and oxygen atoms in total. The summed E-state index contributed by atoms with van der Waals surface area (Å²) >= 11 is 0. The number of anilines is 1. The topological polar surface area (TPSA) is 87.7 Å². The summed E-state index contributed by atoms with van der Waals surface area (Å²) in [4.78, 5) is 22.7. The van der Waals surface area contributed by atoms with Gasteiger partial charge >= 0.3 is 5.97 Å². The number of amides is 1. The zero-order valence-electron chi connectivity index (χ0n) is 12.0. The average molecular weight is 292 g/mol. The third kappa shape index (κ3) is 4.54. The number of carboxylic acids is 1. The summed E-state index contributed by atoms with van der Waals surface area (Å²) in [5.41, 5.74) is 1.43. The van der Waals surface area contributed by atoms with Crippen LogP contribution in [-0.2, 0) is 9.53 Å². The number of rotatable bonds is 5. The van der Waals surface area contributed by atoms with Crippen molar-refractivity contribution in [1.82, 2.24) is 5.32 Å². The van der Waals surface area contributed by atoms with Gasteiger partial charge in [0.1, 0.15) is 6.61 Å². The Kier molecular flexibility index (Phi) is 5.30. The number of benzene rings is 1. The maximum atomic E-state index is 11.8. The molecular weight excluding hydrogens is 272 g/mol. The van der Waals surface area contributed by atoms with Gasteiger partial charge in [-0.15, -0.1) is 0 Å². The first-order valence-corrected chi connectivity index (χ1v) is 7.02. The molecule has 0 atom stereocenters. The molecule has 1 aliphatic rings. The van der Waals surface area contributed by atoms with Gasteiger partial charge in [0.25, 0.3) is 0 Å². The molecule has 1 fully saturated rings. The average Bonchev–Trinajstić information content (AvgIpc) is 2.46. The van der Waals surface area contributed by atoms with Crippen LogP contribution in [0.25, 0.3) is 0 Å². The molecule has 1 saturated heterocycles. The Morgan fingerprint density at radius 2 is 2.10 bits per heavy atom. The van der Waals surface area contributed by atoms with E-state index >= 15 is 0 Å². The number of carboxylic acid groups (broad SMARTS) is 1.